The molecule has 0 aliphatic rings. The van der Waals surface area contributed by atoms with Gasteiger partial charge in [-0.05, 0) is 51.5 Å². The van der Waals surface area contributed by atoms with Gasteiger partial charge in [-0.2, -0.15) is 13.2 Å². The predicted octanol–water partition coefficient (Wildman–Crippen LogP) is 5.09. The highest BCUT2D eigenvalue weighted by Gasteiger charge is 2.30. The van der Waals surface area contributed by atoms with E-state index in [2.05, 4.69) is 43.2 Å². The molecule has 0 saturated heterocycles. The van der Waals surface area contributed by atoms with E-state index < -0.39 is 23.7 Å². The van der Waals surface area contributed by atoms with Gasteiger partial charge in [0.25, 0.3) is 0 Å². The smallest absolute Gasteiger partial charge is 0.324 e. The lowest BCUT2D eigenvalue weighted by molar-refractivity contribution is -0.137. The highest BCUT2D eigenvalue weighted by atomic mass is 19.4. The van der Waals surface area contributed by atoms with Gasteiger partial charge in [-0.15, -0.1) is 0 Å². The summed E-state index contributed by atoms with van der Waals surface area (Å²) < 4.78 is 38.9. The van der Waals surface area contributed by atoms with Crippen molar-refractivity contribution in [1.29, 1.82) is 0 Å². The van der Waals surface area contributed by atoms with Crippen LogP contribution in [-0.4, -0.2) is 36.0 Å². The van der Waals surface area contributed by atoms with Gasteiger partial charge in [0.1, 0.15) is 6.04 Å². The van der Waals surface area contributed by atoms with Crippen LogP contribution < -0.4 is 10.6 Å². The van der Waals surface area contributed by atoms with Crippen LogP contribution in [0.4, 0.5) is 18.9 Å². The Morgan fingerprint density at radius 1 is 0.967 bits per heavy atom. The number of benzene rings is 2. The van der Waals surface area contributed by atoms with Crippen LogP contribution in [0.2, 0.25) is 0 Å². The van der Waals surface area contributed by atoms with E-state index in [1.165, 1.54) is 12.1 Å². The van der Waals surface area contributed by atoms with Crippen LogP contribution >= 0.6 is 0 Å². The molecule has 0 bridgehead atoms. The Kier molecular flexibility index (Phi) is 8.43. The van der Waals surface area contributed by atoms with Crippen LogP contribution in [0.25, 0.3) is 0 Å². The molecule has 0 saturated carbocycles. The molecule has 0 aromatic heterocycles. The molecular formula is C23H30F3N3O. The normalized spacial score (nSPS) is 13.1. The summed E-state index contributed by atoms with van der Waals surface area (Å²) in [6, 6.07) is 13.9. The van der Waals surface area contributed by atoms with E-state index >= 15 is 0 Å². The number of carbonyl (C=O) groups excluding carboxylic acids is 1. The van der Waals surface area contributed by atoms with Crippen molar-refractivity contribution in [3.05, 3.63) is 65.7 Å². The van der Waals surface area contributed by atoms with Crippen molar-refractivity contribution < 1.29 is 18.0 Å². The van der Waals surface area contributed by atoms with Crippen LogP contribution in [0.5, 0.6) is 0 Å². The van der Waals surface area contributed by atoms with Gasteiger partial charge >= 0.3 is 6.18 Å². The fourth-order valence-corrected chi connectivity index (χ4v) is 3.45. The minimum Gasteiger partial charge on any atom is -0.324 e. The third-order valence-corrected chi connectivity index (χ3v) is 4.90. The van der Waals surface area contributed by atoms with Gasteiger partial charge in [0, 0.05) is 30.9 Å². The molecule has 0 unspecified atom stereocenters. The third kappa shape index (κ3) is 6.85. The zero-order chi connectivity index (χ0) is 22.3. The number of rotatable bonds is 9. The predicted molar refractivity (Wildman–Crippen MR) is 114 cm³/mol. The summed E-state index contributed by atoms with van der Waals surface area (Å²) >= 11 is 0. The molecule has 2 aromatic carbocycles. The van der Waals surface area contributed by atoms with Crippen LogP contribution in [-0.2, 0) is 11.0 Å². The highest BCUT2D eigenvalue weighted by Crippen LogP contribution is 2.31. The van der Waals surface area contributed by atoms with Gasteiger partial charge in [-0.1, -0.05) is 36.4 Å². The quantitative estimate of drug-likeness (QED) is 0.593. The lowest BCUT2D eigenvalue weighted by Gasteiger charge is -2.31. The Morgan fingerprint density at radius 2 is 1.60 bits per heavy atom. The average Bonchev–Trinajstić information content (AvgIpc) is 2.67. The fraction of sp³-hybridized carbons (Fsp3) is 0.435. The second-order valence-electron chi connectivity index (χ2n) is 7.79. The van der Waals surface area contributed by atoms with Crippen molar-refractivity contribution in [3.63, 3.8) is 0 Å². The average molecular weight is 422 g/mol. The largest absolute Gasteiger partial charge is 0.416 e. The lowest BCUT2D eigenvalue weighted by Crippen LogP contribution is -2.43. The van der Waals surface area contributed by atoms with Gasteiger partial charge < -0.3 is 10.6 Å². The number of halogens is 3. The Morgan fingerprint density at radius 3 is 2.17 bits per heavy atom. The summed E-state index contributed by atoms with van der Waals surface area (Å²) in [6.07, 6.45) is -4.46. The summed E-state index contributed by atoms with van der Waals surface area (Å²) in [5, 5.41) is 5.89. The summed E-state index contributed by atoms with van der Waals surface area (Å²) in [4.78, 5) is 15.3. The van der Waals surface area contributed by atoms with Crippen LogP contribution in [0, 0.1) is 0 Å². The Hall–Kier alpha value is -2.38. The molecule has 0 aliphatic carbocycles. The second-order valence-corrected chi connectivity index (χ2v) is 7.79. The summed E-state index contributed by atoms with van der Waals surface area (Å²) in [5.74, 6) is -0.402. The van der Waals surface area contributed by atoms with E-state index in [9.17, 15) is 18.0 Å². The molecule has 4 nitrogen and oxygen atoms in total. The molecule has 7 heteroatoms. The first-order valence-electron chi connectivity index (χ1n) is 10.1. The lowest BCUT2D eigenvalue weighted by atomic mass is 10.1. The summed E-state index contributed by atoms with van der Waals surface area (Å²) in [7, 11) is 0. The first-order chi connectivity index (χ1) is 14.1. The molecule has 2 rings (SSSR count). The molecule has 164 valence electrons. The first kappa shape index (κ1) is 23.9. The van der Waals surface area contributed by atoms with E-state index in [0.29, 0.717) is 18.6 Å². The monoisotopic (exact) mass is 421 g/mol. The van der Waals surface area contributed by atoms with Crippen LogP contribution in [0.15, 0.2) is 54.6 Å². The fourth-order valence-electron chi connectivity index (χ4n) is 3.45. The van der Waals surface area contributed by atoms with Gasteiger partial charge in [0.2, 0.25) is 5.91 Å². The molecule has 30 heavy (non-hydrogen) atoms. The summed E-state index contributed by atoms with van der Waals surface area (Å²) in [6.45, 7) is 9.79. The number of amides is 1. The maximum atomic E-state index is 13.0. The molecule has 0 spiro atoms. The number of anilines is 1. The van der Waals surface area contributed by atoms with E-state index in [1.807, 2.05) is 30.3 Å². The molecule has 0 fully saturated rings. The van der Waals surface area contributed by atoms with E-state index in [0.717, 1.165) is 24.2 Å². The third-order valence-electron chi connectivity index (χ3n) is 4.90. The molecular weight excluding hydrogens is 391 g/mol. The molecule has 2 N–H and O–H groups in total. The van der Waals surface area contributed by atoms with Crippen molar-refractivity contribution in [3.8, 4) is 0 Å². The standard InChI is InChI=1S/C23H30F3N3O/c1-16(2)29(17(3)4)14-13-27-21(18-9-6-5-7-10-18)22(30)28-20-12-8-11-19(15-20)23(24,25)26/h5-12,15-17,21,27H,13-14H2,1-4H3,(H,28,30)/t21-/m0/s1. The number of hydrogen-bond donors (Lipinski definition) is 2. The Bertz CT molecular complexity index is 799. The molecule has 2 aromatic rings. The van der Waals surface area contributed by atoms with E-state index in [-0.39, 0.29) is 5.69 Å². The topological polar surface area (TPSA) is 44.4 Å². The van der Waals surface area contributed by atoms with Gasteiger partial charge in [-0.25, -0.2) is 0 Å². The van der Waals surface area contributed by atoms with Crippen molar-refractivity contribution in [2.75, 3.05) is 18.4 Å². The minimum atomic E-state index is -4.46. The van der Waals surface area contributed by atoms with Gasteiger partial charge in [-0.3, -0.25) is 9.69 Å². The molecule has 0 heterocycles. The Balaban J connectivity index is 2.14. The number of nitrogens with zero attached hydrogens (tertiary/aromatic N) is 1. The van der Waals surface area contributed by atoms with Gasteiger partial charge in [0.15, 0.2) is 0 Å². The maximum Gasteiger partial charge on any atom is 0.416 e. The number of alkyl halides is 3. The number of hydrogen-bond acceptors (Lipinski definition) is 3. The molecule has 0 aliphatic heterocycles. The van der Waals surface area contributed by atoms with Crippen molar-refractivity contribution in [2.24, 2.45) is 0 Å². The minimum absolute atomic E-state index is 0.114. The number of nitrogens with one attached hydrogen (secondary N) is 2. The van der Waals surface area contributed by atoms with E-state index in [1.54, 1.807) is 0 Å². The summed E-state index contributed by atoms with van der Waals surface area (Å²) in [5.41, 5.74) is 0.0696. The van der Waals surface area contributed by atoms with Crippen LogP contribution in [0.1, 0.15) is 44.9 Å². The number of carbonyl (C=O) groups is 1. The van der Waals surface area contributed by atoms with E-state index in [4.69, 9.17) is 0 Å². The maximum absolute atomic E-state index is 13.0. The molecule has 1 amide bonds. The van der Waals surface area contributed by atoms with Gasteiger partial charge in [0.05, 0.1) is 5.56 Å². The molecule has 1 atom stereocenters. The Labute approximate surface area is 176 Å². The zero-order valence-corrected chi connectivity index (χ0v) is 17.8. The van der Waals surface area contributed by atoms with Crippen molar-refractivity contribution in [2.45, 2.75) is 52.0 Å². The molecule has 0 radical (unpaired) electrons. The van der Waals surface area contributed by atoms with Crippen molar-refractivity contribution >= 4 is 11.6 Å². The zero-order valence-electron chi connectivity index (χ0n) is 17.8. The SMILES string of the molecule is CC(C)N(CCN[C@H](C(=O)Nc1cccc(C(F)(F)F)c1)c1ccccc1)C(C)C. The highest BCUT2D eigenvalue weighted by molar-refractivity contribution is 5.95. The van der Waals surface area contributed by atoms with Crippen LogP contribution in [0.3, 0.4) is 0 Å². The van der Waals surface area contributed by atoms with Crippen molar-refractivity contribution in [1.82, 2.24) is 10.2 Å². The first-order valence-corrected chi connectivity index (χ1v) is 10.1. The second kappa shape index (κ2) is 10.6.